The second-order valence-electron chi connectivity index (χ2n) is 31.6. The fourth-order valence-corrected chi connectivity index (χ4v) is 8.05. The quantitative estimate of drug-likeness (QED) is 0.0272. The van der Waals surface area contributed by atoms with Gasteiger partial charge in [-0.15, -0.1) is 0 Å². The van der Waals surface area contributed by atoms with E-state index in [-0.39, 0.29) is 160 Å². The highest BCUT2D eigenvalue weighted by molar-refractivity contribution is 5.72. The minimum atomic E-state index is -0.935. The Morgan fingerprint density at radius 2 is 0.500 bits per heavy atom. The Hall–Kier alpha value is -2.87. The van der Waals surface area contributed by atoms with E-state index in [4.69, 9.17) is 157 Å². The Morgan fingerprint density at radius 3 is 0.596 bits per heavy atom. The maximum Gasteiger partial charge on any atom is 0.332 e. The average Bonchev–Trinajstić information content (AvgIpc) is 0.927. The van der Waals surface area contributed by atoms with Gasteiger partial charge in [0, 0.05) is 139 Å². The first-order valence-electron chi connectivity index (χ1n) is 49.5. The standard InChI is InChI=1S/2C7H16O2.2C6H12O3.4C6H14O2.9C5H12O2.C3H6O2/c1-4-5-6(8)7(2,3)9;1-2-3-4-7(5-8)6-9;2*1-3-4-5(9-2)6(7)8;1-3-6(4-7)5-8-2;1-2-3-6(4-7)5-8;2*1-2-3-4-6(8)5-7;2*1-3-5(6)4-7-2;2*1-3-5(4-6)7-2;1-2-5(3-6)4-7;2*1-2-5(7)3-4-6;2*1-2-3-5(7)4-6;1-2-3(4)5/h6,8-9H,4-5H2,1-3H3;7-9H,2-6H2,1H3;2*5H,3-4H2,1-2H3,(H,7,8);6-7H,3-5H2,1-2H3;3*6-8H,2-5H2,1H3;4*5-6H,3-4H2,1-2H3;5*5-7H,2-4H2,1H3;2H2,1H3,(H,4,5)/t;;2*5-;;;2*6-;4*5-;;4*5-;/m..10..101010.1010./s1. The summed E-state index contributed by atoms with van der Waals surface area (Å²) in [6.07, 6.45) is 21.5. The summed E-state index contributed by atoms with van der Waals surface area (Å²) in [6, 6.07) is 0. The highest BCUT2D eigenvalue weighted by atomic mass is 16.5. The first kappa shape index (κ1) is 175. The van der Waals surface area contributed by atoms with Gasteiger partial charge in [0.2, 0.25) is 0 Å². The van der Waals surface area contributed by atoms with Crippen molar-refractivity contribution in [3.63, 3.8) is 0 Å². The fraction of sp³-hybridized carbons (Fsp3) is 0.969. The van der Waals surface area contributed by atoms with E-state index in [1.54, 1.807) is 56.3 Å². The summed E-state index contributed by atoms with van der Waals surface area (Å²) >= 11 is 0. The van der Waals surface area contributed by atoms with Gasteiger partial charge in [-0.2, -0.15) is 0 Å². The summed E-state index contributed by atoms with van der Waals surface area (Å²) in [5, 5.41) is 238. The van der Waals surface area contributed by atoms with E-state index in [1.807, 2.05) is 96.9 Å². The Labute approximate surface area is 826 Å². The molecule has 0 saturated carbocycles. The molecule has 2 unspecified atom stereocenters. The van der Waals surface area contributed by atoms with Gasteiger partial charge < -0.3 is 176 Å². The third-order valence-electron chi connectivity index (χ3n) is 18.3. The summed E-state index contributed by atoms with van der Waals surface area (Å²) in [5.41, 5.74) is -0.935. The van der Waals surface area contributed by atoms with Crippen molar-refractivity contribution in [1.82, 2.24) is 0 Å². The lowest BCUT2D eigenvalue weighted by Crippen LogP contribution is -2.35. The highest BCUT2D eigenvalue weighted by Crippen LogP contribution is 2.13. The van der Waals surface area contributed by atoms with Gasteiger partial charge in [-0.25, -0.2) is 9.59 Å². The summed E-state index contributed by atoms with van der Waals surface area (Å²) in [5.74, 6) is -1.84. The molecule has 38 nitrogen and oxygen atoms in total. The fourth-order valence-electron chi connectivity index (χ4n) is 8.05. The number of rotatable bonds is 60. The van der Waals surface area contributed by atoms with Gasteiger partial charge in [0.05, 0.1) is 132 Å². The Kier molecular flexibility index (Phi) is 203. The molecular formula is C98H226O38. The number of ether oxygens (including phenoxy) is 7. The normalized spacial score (nSPS) is 13.2. The maximum atomic E-state index is 10.2. The molecule has 0 radical (unpaired) electrons. The van der Waals surface area contributed by atoms with E-state index in [2.05, 4.69) is 39.7 Å². The number of hydrogen-bond acceptors (Lipinski definition) is 35. The van der Waals surface area contributed by atoms with Gasteiger partial charge in [0.1, 0.15) is 0 Å². The Bertz CT molecular complexity index is 1740. The maximum absolute atomic E-state index is 10.2. The van der Waals surface area contributed by atoms with Gasteiger partial charge in [-0.1, -0.05) is 202 Å². The van der Waals surface area contributed by atoms with Crippen molar-refractivity contribution >= 4 is 17.9 Å². The lowest BCUT2D eigenvalue weighted by atomic mass is 9.98. The molecule has 0 heterocycles. The monoisotopic (exact) mass is 2010 g/mol. The number of aliphatic carboxylic acids is 3. The Balaban J connectivity index is -0.0000000678. The van der Waals surface area contributed by atoms with Gasteiger partial charge in [-0.3, -0.25) is 4.79 Å². The number of aliphatic hydroxyl groups excluding tert-OH is 24. The first-order valence-corrected chi connectivity index (χ1v) is 49.5. The molecule has 28 N–H and O–H groups in total. The van der Waals surface area contributed by atoms with Crippen LogP contribution in [0.2, 0.25) is 0 Å². The van der Waals surface area contributed by atoms with Crippen LogP contribution in [-0.4, -0.2) is 415 Å². The molecule has 0 spiro atoms. The van der Waals surface area contributed by atoms with Crippen LogP contribution in [0, 0.1) is 23.7 Å². The average molecular weight is 2010 g/mol. The van der Waals surface area contributed by atoms with Crippen LogP contribution in [0.3, 0.4) is 0 Å². The van der Waals surface area contributed by atoms with E-state index in [9.17, 15) is 14.4 Å². The first-order chi connectivity index (χ1) is 64.2. The summed E-state index contributed by atoms with van der Waals surface area (Å²) in [7, 11) is 10.8. The number of methoxy groups -OCH3 is 7. The van der Waals surface area contributed by atoms with Crippen molar-refractivity contribution in [1.29, 1.82) is 0 Å². The molecule has 0 amide bonds. The van der Waals surface area contributed by atoms with Crippen molar-refractivity contribution in [2.24, 2.45) is 23.7 Å². The molecule has 846 valence electrons. The van der Waals surface area contributed by atoms with Crippen LogP contribution in [0.1, 0.15) is 344 Å². The van der Waals surface area contributed by atoms with Gasteiger partial charge in [-0.05, 0) is 136 Å². The van der Waals surface area contributed by atoms with Crippen molar-refractivity contribution in [3.05, 3.63) is 0 Å². The number of aliphatic hydroxyl groups is 25. The zero-order valence-corrected chi connectivity index (χ0v) is 90.8. The van der Waals surface area contributed by atoms with Crippen LogP contribution >= 0.6 is 0 Å². The molecule has 14 atom stereocenters. The van der Waals surface area contributed by atoms with Gasteiger partial charge in [0.25, 0.3) is 0 Å². The number of hydrogen-bond donors (Lipinski definition) is 28. The van der Waals surface area contributed by atoms with Crippen LogP contribution < -0.4 is 0 Å². The van der Waals surface area contributed by atoms with Crippen LogP contribution in [0.5, 0.6) is 0 Å². The summed E-state index contributed by atoms with van der Waals surface area (Å²) < 4.78 is 33.0. The number of unbranched alkanes of at least 4 members (excludes halogenated alkanes) is 3. The molecule has 0 aliphatic heterocycles. The molecular weight excluding hydrogens is 1790 g/mol. The van der Waals surface area contributed by atoms with Crippen molar-refractivity contribution in [3.8, 4) is 0 Å². The van der Waals surface area contributed by atoms with E-state index in [1.165, 1.54) is 14.2 Å². The van der Waals surface area contributed by atoms with E-state index in [0.717, 1.165) is 154 Å². The third kappa shape index (κ3) is 190. The number of carboxylic acids is 3. The summed E-state index contributed by atoms with van der Waals surface area (Å²) in [4.78, 5) is 29.8. The minimum Gasteiger partial charge on any atom is -0.481 e. The Morgan fingerprint density at radius 1 is 0.250 bits per heavy atom. The molecule has 0 aliphatic rings. The molecule has 0 rings (SSSR count). The molecule has 0 fully saturated rings. The molecule has 0 aromatic carbocycles. The van der Waals surface area contributed by atoms with Gasteiger partial charge >= 0.3 is 17.9 Å². The SMILES string of the molecule is CCC(=O)O.CCC(CO)CO.CCC(CO)COC.CCCC(CO)CO.CCCC(O)C(C)(C)O.CCCCC(CO)CO.CCCC[C@@H](O)CO.CCCC[C@H](O)CO.CCC[C@@H](O)CO.CCC[C@@H](OC)C(=O)O.CCC[C@H](O)CO.CCC[C@H](OC)C(=O)O.CC[C@@H](CO)OC.CC[C@@H](O)CCO.CC[C@@H](O)COC.CC[C@H](CO)OC.CC[C@H](O)CCO.CC[C@H](O)COC. The lowest BCUT2D eigenvalue weighted by molar-refractivity contribution is -0.149. The van der Waals surface area contributed by atoms with Crippen LogP contribution in [-0.2, 0) is 47.5 Å². The largest absolute Gasteiger partial charge is 0.481 e. The van der Waals surface area contributed by atoms with Crippen LogP contribution in [0.15, 0.2) is 0 Å². The van der Waals surface area contributed by atoms with E-state index >= 15 is 0 Å². The zero-order chi connectivity index (χ0) is 110. The zero-order valence-electron chi connectivity index (χ0n) is 90.8. The molecule has 38 heteroatoms. The van der Waals surface area contributed by atoms with E-state index < -0.39 is 66.2 Å². The number of carboxylic acid groups (broad SMARTS) is 3. The number of carbonyl (C=O) groups is 3. The molecule has 0 aliphatic carbocycles. The highest BCUT2D eigenvalue weighted by Gasteiger charge is 2.23. The third-order valence-corrected chi connectivity index (χ3v) is 18.3. The van der Waals surface area contributed by atoms with Crippen LogP contribution in [0.4, 0.5) is 0 Å². The van der Waals surface area contributed by atoms with Crippen LogP contribution in [0.25, 0.3) is 0 Å². The molecule has 136 heavy (non-hydrogen) atoms. The van der Waals surface area contributed by atoms with Crippen molar-refractivity contribution in [2.75, 3.05) is 169 Å². The molecule has 0 aromatic heterocycles. The van der Waals surface area contributed by atoms with Gasteiger partial charge in [0.15, 0.2) is 12.2 Å². The summed E-state index contributed by atoms with van der Waals surface area (Å²) in [6.45, 7) is 41.0. The van der Waals surface area contributed by atoms with Crippen molar-refractivity contribution in [2.45, 2.75) is 429 Å². The predicted octanol–water partition coefficient (Wildman–Crippen LogP) is 8.22. The second-order valence-corrected chi connectivity index (χ2v) is 31.6. The molecule has 0 saturated heterocycles. The molecule has 0 aromatic rings. The predicted molar refractivity (Wildman–Crippen MR) is 542 cm³/mol. The van der Waals surface area contributed by atoms with E-state index in [0.29, 0.717) is 70.7 Å². The topological polar surface area (TPSA) is 682 Å². The smallest absolute Gasteiger partial charge is 0.332 e. The lowest BCUT2D eigenvalue weighted by Gasteiger charge is -2.23. The second kappa shape index (κ2) is 157. The molecule has 0 bridgehead atoms. The van der Waals surface area contributed by atoms with Crippen molar-refractivity contribution < 1.29 is 191 Å². The minimum absolute atomic E-state index is 0.0417.